The second-order valence-electron chi connectivity index (χ2n) is 6.01. The van der Waals surface area contributed by atoms with Crippen LogP contribution in [0, 0.1) is 11.7 Å². The highest BCUT2D eigenvalue weighted by molar-refractivity contribution is 7.71. The zero-order valence-electron chi connectivity index (χ0n) is 14.9. The highest BCUT2D eigenvalue weighted by Crippen LogP contribution is 2.18. The van der Waals surface area contributed by atoms with E-state index in [1.54, 1.807) is 35.9 Å². The van der Waals surface area contributed by atoms with E-state index < -0.39 is 0 Å². The van der Waals surface area contributed by atoms with E-state index in [1.807, 2.05) is 31.2 Å². The SMILES string of the molecule is CNC(=O)c1ccc(NC(=O)Cn2c(-c3ccc(C)cc3)n[nH]c2=S)cc1. The molecule has 0 fully saturated rings. The lowest BCUT2D eigenvalue weighted by atomic mass is 10.1. The van der Waals surface area contributed by atoms with E-state index in [0.29, 0.717) is 21.8 Å². The number of hydrogen-bond donors (Lipinski definition) is 3. The Hall–Kier alpha value is -3.26. The van der Waals surface area contributed by atoms with E-state index in [0.717, 1.165) is 11.1 Å². The van der Waals surface area contributed by atoms with Gasteiger partial charge in [0.25, 0.3) is 5.91 Å². The number of carbonyl (C=O) groups excluding carboxylic acids is 2. The summed E-state index contributed by atoms with van der Waals surface area (Å²) in [5, 5.41) is 12.3. The molecule has 0 aliphatic rings. The van der Waals surface area contributed by atoms with Crippen molar-refractivity contribution in [2.24, 2.45) is 0 Å². The van der Waals surface area contributed by atoms with Crippen LogP contribution in [0.25, 0.3) is 11.4 Å². The molecule has 0 bridgehead atoms. The van der Waals surface area contributed by atoms with E-state index in [1.165, 1.54) is 0 Å². The van der Waals surface area contributed by atoms with Crippen molar-refractivity contribution in [2.75, 3.05) is 12.4 Å². The van der Waals surface area contributed by atoms with Crippen molar-refractivity contribution in [3.63, 3.8) is 0 Å². The lowest BCUT2D eigenvalue weighted by Crippen LogP contribution is -2.20. The summed E-state index contributed by atoms with van der Waals surface area (Å²) in [7, 11) is 1.57. The van der Waals surface area contributed by atoms with Gasteiger partial charge in [-0.3, -0.25) is 19.3 Å². The highest BCUT2D eigenvalue weighted by atomic mass is 32.1. The summed E-state index contributed by atoms with van der Waals surface area (Å²) < 4.78 is 2.02. The smallest absolute Gasteiger partial charge is 0.251 e. The van der Waals surface area contributed by atoms with Gasteiger partial charge in [-0.25, -0.2) is 0 Å². The Bertz CT molecular complexity index is 1020. The first-order chi connectivity index (χ1) is 13.0. The number of aryl methyl sites for hydroxylation is 1. The molecule has 3 aromatic rings. The Morgan fingerprint density at radius 3 is 2.41 bits per heavy atom. The van der Waals surface area contributed by atoms with Gasteiger partial charge in [-0.05, 0) is 43.4 Å². The van der Waals surface area contributed by atoms with Gasteiger partial charge in [0.05, 0.1) is 0 Å². The van der Waals surface area contributed by atoms with Crippen molar-refractivity contribution in [3.05, 3.63) is 64.4 Å². The molecule has 0 atom stereocenters. The quantitative estimate of drug-likeness (QED) is 0.593. The van der Waals surface area contributed by atoms with Crippen molar-refractivity contribution in [2.45, 2.75) is 13.5 Å². The number of rotatable bonds is 5. The average Bonchev–Trinajstić information content (AvgIpc) is 3.03. The maximum absolute atomic E-state index is 12.4. The van der Waals surface area contributed by atoms with Crippen molar-refractivity contribution in [3.8, 4) is 11.4 Å². The Labute approximate surface area is 161 Å². The number of anilines is 1. The van der Waals surface area contributed by atoms with E-state index in [2.05, 4.69) is 20.8 Å². The molecule has 0 saturated carbocycles. The maximum atomic E-state index is 12.4. The number of H-pyrrole nitrogens is 1. The third-order valence-corrected chi connectivity index (χ3v) is 4.34. The molecule has 1 heterocycles. The summed E-state index contributed by atoms with van der Waals surface area (Å²) in [5.41, 5.74) is 3.13. The van der Waals surface area contributed by atoms with Crippen LogP contribution in [0.4, 0.5) is 5.69 Å². The molecule has 27 heavy (non-hydrogen) atoms. The normalized spacial score (nSPS) is 10.4. The minimum Gasteiger partial charge on any atom is -0.355 e. The fraction of sp³-hybridized carbons (Fsp3) is 0.158. The summed E-state index contributed by atoms with van der Waals surface area (Å²) in [4.78, 5) is 24.0. The topological polar surface area (TPSA) is 91.8 Å². The number of benzene rings is 2. The fourth-order valence-electron chi connectivity index (χ4n) is 2.58. The molecule has 0 spiro atoms. The summed E-state index contributed by atoms with van der Waals surface area (Å²) in [6.07, 6.45) is 0. The van der Waals surface area contributed by atoms with Crippen LogP contribution in [0.2, 0.25) is 0 Å². The van der Waals surface area contributed by atoms with Crippen LogP contribution in [0.3, 0.4) is 0 Å². The second kappa shape index (κ2) is 7.96. The van der Waals surface area contributed by atoms with Crippen LogP contribution in [-0.4, -0.2) is 33.6 Å². The fourth-order valence-corrected chi connectivity index (χ4v) is 2.78. The number of carbonyl (C=O) groups is 2. The molecule has 0 radical (unpaired) electrons. The molecule has 0 saturated heterocycles. The minimum atomic E-state index is -0.242. The Morgan fingerprint density at radius 2 is 1.78 bits per heavy atom. The predicted octanol–water partition coefficient (Wildman–Crippen LogP) is 2.91. The van der Waals surface area contributed by atoms with E-state index >= 15 is 0 Å². The number of aromatic nitrogens is 3. The van der Waals surface area contributed by atoms with Gasteiger partial charge in [-0.2, -0.15) is 5.10 Å². The first kappa shape index (κ1) is 18.5. The van der Waals surface area contributed by atoms with E-state index in [9.17, 15) is 9.59 Å². The van der Waals surface area contributed by atoms with Crippen LogP contribution < -0.4 is 10.6 Å². The van der Waals surface area contributed by atoms with Gasteiger partial charge >= 0.3 is 0 Å². The Kier molecular flexibility index (Phi) is 5.46. The third-order valence-electron chi connectivity index (χ3n) is 4.03. The van der Waals surface area contributed by atoms with Crippen LogP contribution in [-0.2, 0) is 11.3 Å². The molecule has 7 nitrogen and oxygen atoms in total. The lowest BCUT2D eigenvalue weighted by Gasteiger charge is -2.09. The molecule has 2 aromatic carbocycles. The van der Waals surface area contributed by atoms with Gasteiger partial charge in [-0.15, -0.1) is 0 Å². The molecule has 3 N–H and O–H groups in total. The van der Waals surface area contributed by atoms with E-state index in [4.69, 9.17) is 12.2 Å². The van der Waals surface area contributed by atoms with Crippen LogP contribution in [0.15, 0.2) is 48.5 Å². The zero-order chi connectivity index (χ0) is 19.4. The number of nitrogens with zero attached hydrogens (tertiary/aromatic N) is 2. The molecule has 0 aliphatic heterocycles. The first-order valence-corrected chi connectivity index (χ1v) is 8.73. The summed E-state index contributed by atoms with van der Waals surface area (Å²) >= 11 is 5.26. The molecule has 8 heteroatoms. The second-order valence-corrected chi connectivity index (χ2v) is 6.40. The molecule has 0 aliphatic carbocycles. The van der Waals surface area contributed by atoms with Crippen molar-refractivity contribution in [1.29, 1.82) is 0 Å². The molecular formula is C19H19N5O2S. The number of aromatic amines is 1. The number of hydrogen-bond acceptors (Lipinski definition) is 4. The third kappa shape index (κ3) is 4.29. The molecule has 0 unspecified atom stereocenters. The van der Waals surface area contributed by atoms with Gasteiger partial charge in [0.2, 0.25) is 5.91 Å². The van der Waals surface area contributed by atoms with Crippen LogP contribution in [0.5, 0.6) is 0 Å². The minimum absolute atomic E-state index is 0.0236. The van der Waals surface area contributed by atoms with Gasteiger partial charge in [0, 0.05) is 23.9 Å². The Balaban J connectivity index is 1.75. The highest BCUT2D eigenvalue weighted by Gasteiger charge is 2.13. The van der Waals surface area contributed by atoms with Crippen LogP contribution >= 0.6 is 12.2 Å². The van der Waals surface area contributed by atoms with Gasteiger partial charge in [0.1, 0.15) is 6.54 Å². The molecule has 3 rings (SSSR count). The molecular weight excluding hydrogens is 362 g/mol. The van der Waals surface area contributed by atoms with Gasteiger partial charge < -0.3 is 10.6 Å². The average molecular weight is 381 g/mol. The molecule has 138 valence electrons. The lowest BCUT2D eigenvalue weighted by molar-refractivity contribution is -0.116. The predicted molar refractivity (Wildman–Crippen MR) is 106 cm³/mol. The summed E-state index contributed by atoms with van der Waals surface area (Å²) in [6, 6.07) is 14.5. The standard InChI is InChI=1S/C19H19N5O2S/c1-12-3-5-13(6-4-12)17-22-23-19(27)24(17)11-16(25)21-15-9-7-14(8-10-15)18(26)20-2/h3-10H,11H2,1-2H3,(H,20,26)(H,21,25)(H,23,27). The van der Waals surface area contributed by atoms with Crippen molar-refractivity contribution < 1.29 is 9.59 Å². The maximum Gasteiger partial charge on any atom is 0.251 e. The summed E-state index contributed by atoms with van der Waals surface area (Å²) in [6.45, 7) is 2.03. The Morgan fingerprint density at radius 1 is 1.11 bits per heavy atom. The van der Waals surface area contributed by atoms with Crippen LogP contribution in [0.1, 0.15) is 15.9 Å². The monoisotopic (exact) mass is 381 g/mol. The largest absolute Gasteiger partial charge is 0.355 e. The van der Waals surface area contributed by atoms with Gasteiger partial charge in [-0.1, -0.05) is 29.8 Å². The van der Waals surface area contributed by atoms with Crippen molar-refractivity contribution >= 4 is 29.7 Å². The molecule has 1 aromatic heterocycles. The first-order valence-electron chi connectivity index (χ1n) is 8.32. The number of nitrogens with one attached hydrogen (secondary N) is 3. The summed E-state index contributed by atoms with van der Waals surface area (Å²) in [5.74, 6) is 0.180. The van der Waals surface area contributed by atoms with E-state index in [-0.39, 0.29) is 18.4 Å². The number of amides is 2. The van der Waals surface area contributed by atoms with Crippen molar-refractivity contribution in [1.82, 2.24) is 20.1 Å². The zero-order valence-corrected chi connectivity index (χ0v) is 15.8. The van der Waals surface area contributed by atoms with Gasteiger partial charge in [0.15, 0.2) is 10.6 Å². The molecule has 2 amide bonds.